The summed E-state index contributed by atoms with van der Waals surface area (Å²) in [6.07, 6.45) is -4.63. The highest BCUT2D eigenvalue weighted by atomic mass is 16.4. The van der Waals surface area contributed by atoms with Gasteiger partial charge >= 0.3 is 17.9 Å². The number of amides is 9. The van der Waals surface area contributed by atoms with Crippen LogP contribution in [0.5, 0.6) is 0 Å². The Hall–Kier alpha value is -8.00. The average molecular weight is 1110 g/mol. The van der Waals surface area contributed by atoms with Crippen LogP contribution in [0.15, 0.2) is 60.7 Å². The van der Waals surface area contributed by atoms with Crippen molar-refractivity contribution in [3.63, 3.8) is 0 Å². The Morgan fingerprint density at radius 1 is 0.557 bits per heavy atom. The number of hydrogen-bond donors (Lipinski definition) is 13. The summed E-state index contributed by atoms with van der Waals surface area (Å²) in [5.41, 5.74) is 12.4. The Balaban J connectivity index is 1.95. The molecular formula is C53H76N10O16. The van der Waals surface area contributed by atoms with Crippen molar-refractivity contribution in [2.24, 2.45) is 23.3 Å². The number of likely N-dealkylation sites (tertiary alicyclic amines) is 1. The molecule has 1 aliphatic heterocycles. The number of carbonyl (C=O) groups is 12. The third-order valence-electron chi connectivity index (χ3n) is 12.7. The Labute approximate surface area is 457 Å². The first kappa shape index (κ1) is 65.3. The van der Waals surface area contributed by atoms with Crippen molar-refractivity contribution in [1.29, 1.82) is 0 Å². The number of rotatable bonds is 33. The number of hydrogen-bond acceptors (Lipinski definition) is 14. The number of benzene rings is 2. The molecule has 0 aromatic heterocycles. The highest BCUT2D eigenvalue weighted by Gasteiger charge is 2.41. The van der Waals surface area contributed by atoms with Crippen LogP contribution in [0.25, 0.3) is 0 Å². The maximum atomic E-state index is 14.4. The number of nitrogens with zero attached hydrogens (tertiary/aromatic N) is 1. The van der Waals surface area contributed by atoms with Crippen LogP contribution >= 0.6 is 0 Å². The van der Waals surface area contributed by atoms with E-state index in [1.807, 2.05) is 13.8 Å². The number of aliphatic carboxylic acids is 3. The van der Waals surface area contributed by atoms with Crippen LogP contribution in [-0.4, -0.2) is 163 Å². The molecule has 0 saturated carbocycles. The number of aliphatic hydroxyl groups is 1. The maximum Gasteiger partial charge on any atom is 0.326 e. The molecule has 0 spiro atoms. The lowest BCUT2D eigenvalue weighted by molar-refractivity contribution is -0.145. The fourth-order valence-electron chi connectivity index (χ4n) is 8.68. The van der Waals surface area contributed by atoms with Crippen molar-refractivity contribution in [3.8, 4) is 0 Å². The molecule has 1 aliphatic rings. The minimum absolute atomic E-state index is 0.0227. The first-order valence-corrected chi connectivity index (χ1v) is 26.1. The van der Waals surface area contributed by atoms with E-state index in [0.717, 1.165) is 11.8 Å². The van der Waals surface area contributed by atoms with Gasteiger partial charge in [-0.05, 0) is 68.4 Å². The van der Waals surface area contributed by atoms with Crippen LogP contribution < -0.4 is 48.7 Å². The molecule has 2 aromatic rings. The molecule has 26 heteroatoms. The smallest absolute Gasteiger partial charge is 0.326 e. The summed E-state index contributed by atoms with van der Waals surface area (Å²) in [6, 6.07) is 2.82. The molecule has 26 nitrogen and oxygen atoms in total. The minimum Gasteiger partial charge on any atom is -0.481 e. The lowest BCUT2D eigenvalue weighted by Gasteiger charge is -2.31. The van der Waals surface area contributed by atoms with Crippen molar-refractivity contribution in [1.82, 2.24) is 42.1 Å². The number of nitrogens with two attached hydrogens (primary N) is 2. The zero-order chi connectivity index (χ0) is 59.1. The third kappa shape index (κ3) is 22.5. The van der Waals surface area contributed by atoms with E-state index in [0.29, 0.717) is 17.5 Å². The van der Waals surface area contributed by atoms with Crippen LogP contribution in [0, 0.1) is 11.8 Å². The molecule has 0 radical (unpaired) electrons. The fraction of sp³-hybridized carbons (Fsp3) is 0.547. The van der Waals surface area contributed by atoms with Crippen LogP contribution in [-0.2, 0) is 70.4 Å². The Kier molecular flexibility index (Phi) is 26.5. The van der Waals surface area contributed by atoms with Gasteiger partial charge in [-0.1, -0.05) is 88.4 Å². The predicted molar refractivity (Wildman–Crippen MR) is 282 cm³/mol. The Morgan fingerprint density at radius 2 is 1.03 bits per heavy atom. The summed E-state index contributed by atoms with van der Waals surface area (Å²) in [6.45, 7) is 8.22. The summed E-state index contributed by atoms with van der Waals surface area (Å²) in [5, 5.41) is 57.0. The molecular weight excluding hydrogens is 1030 g/mol. The number of nitrogens with one attached hydrogen (secondary N) is 7. The van der Waals surface area contributed by atoms with E-state index >= 15 is 0 Å². The van der Waals surface area contributed by atoms with Gasteiger partial charge in [0.1, 0.15) is 48.3 Å². The average Bonchev–Trinajstić information content (AvgIpc) is 3.92. The summed E-state index contributed by atoms with van der Waals surface area (Å²) >= 11 is 0. The van der Waals surface area contributed by atoms with Crippen LogP contribution in [0.1, 0.15) is 104 Å². The minimum atomic E-state index is -1.91. The summed E-state index contributed by atoms with van der Waals surface area (Å²) in [7, 11) is 0. The molecule has 10 atom stereocenters. The van der Waals surface area contributed by atoms with Gasteiger partial charge in [0, 0.05) is 32.2 Å². The molecule has 1 saturated heterocycles. The van der Waals surface area contributed by atoms with Crippen molar-refractivity contribution >= 4 is 71.1 Å². The highest BCUT2D eigenvalue weighted by molar-refractivity contribution is 5.99. The second-order valence-electron chi connectivity index (χ2n) is 20.4. The van der Waals surface area contributed by atoms with Crippen LogP contribution in [0.3, 0.4) is 0 Å². The highest BCUT2D eigenvalue weighted by Crippen LogP contribution is 2.21. The van der Waals surface area contributed by atoms with Gasteiger partial charge in [0.25, 0.3) is 0 Å². The Bertz CT molecular complexity index is 2460. The molecule has 3 rings (SSSR count). The van der Waals surface area contributed by atoms with Gasteiger partial charge in [-0.2, -0.15) is 0 Å². The van der Waals surface area contributed by atoms with Gasteiger partial charge in [0.05, 0.1) is 18.6 Å². The lowest BCUT2D eigenvalue weighted by Crippen LogP contribution is -2.62. The topological polar surface area (TPSA) is 425 Å². The van der Waals surface area contributed by atoms with Gasteiger partial charge in [0.2, 0.25) is 53.2 Å². The number of carboxylic acids is 3. The van der Waals surface area contributed by atoms with E-state index < -0.39 is 164 Å². The van der Waals surface area contributed by atoms with Gasteiger partial charge < -0.3 is 74.0 Å². The largest absolute Gasteiger partial charge is 0.481 e. The number of aliphatic hydroxyl groups excluding tert-OH is 1. The Morgan fingerprint density at radius 3 is 1.51 bits per heavy atom. The number of primary amides is 1. The second kappa shape index (κ2) is 32.0. The first-order chi connectivity index (χ1) is 37.2. The molecule has 0 aliphatic carbocycles. The van der Waals surface area contributed by atoms with Gasteiger partial charge in [0.15, 0.2) is 0 Å². The van der Waals surface area contributed by atoms with Gasteiger partial charge in [-0.3, -0.25) is 52.7 Å². The van der Waals surface area contributed by atoms with Gasteiger partial charge in [-0.15, -0.1) is 0 Å². The molecule has 434 valence electrons. The quantitative estimate of drug-likeness (QED) is 0.0381. The van der Waals surface area contributed by atoms with E-state index in [1.165, 1.54) is 0 Å². The summed E-state index contributed by atoms with van der Waals surface area (Å²) in [5.74, 6) is -13.2. The van der Waals surface area contributed by atoms with E-state index in [1.54, 1.807) is 74.5 Å². The number of carbonyl (C=O) groups excluding carboxylic acids is 9. The zero-order valence-electron chi connectivity index (χ0n) is 45.0. The molecule has 15 N–H and O–H groups in total. The SMILES string of the molecule is CC(C)C[C@H](NC(=O)[C@@H]1CCCN1C(=O)[C@H](CCC(=O)O)NC(=O)[C@H](CCC(N)=O)NC(=O)[C@@H](NC(=O)[C@H](Cc1ccccc1)NC(=O)[C@H](Cc1ccccc1)NC(=O)[C@H](CC(=O)O)NC(=O)[C@@H](N)CC(C)C)[C@@H](C)O)C(=O)O. The molecule has 1 heterocycles. The molecule has 1 fully saturated rings. The van der Waals surface area contributed by atoms with E-state index in [4.69, 9.17) is 11.5 Å². The van der Waals surface area contributed by atoms with Crippen molar-refractivity contribution in [3.05, 3.63) is 71.8 Å². The zero-order valence-corrected chi connectivity index (χ0v) is 45.0. The van der Waals surface area contributed by atoms with Crippen LogP contribution in [0.2, 0.25) is 0 Å². The number of carboxylic acid groups (broad SMARTS) is 3. The fourth-order valence-corrected chi connectivity index (χ4v) is 8.68. The lowest BCUT2D eigenvalue weighted by atomic mass is 10.0. The first-order valence-electron chi connectivity index (χ1n) is 26.1. The van der Waals surface area contributed by atoms with Crippen molar-refractivity contribution in [2.75, 3.05) is 6.54 Å². The standard InChI is InChI=1S/C53H76N10O16/c1-28(2)23-33(54)45(70)58-38(27-43(68)69)48(73)59-36(25-31-13-8-6-9-14-31)47(72)60-37(26-32-15-10-7-11-16-32)49(74)62-44(30(5)64)51(76)56-34(18-20-41(55)65)46(71)57-35(19-21-42(66)67)52(77)63-22-12-17-40(63)50(75)61-39(53(78)79)24-29(3)4/h6-11,13-16,28-30,33-40,44,64H,12,17-27,54H2,1-5H3,(H2,55,65)(H,56,76)(H,57,71)(H,58,70)(H,59,73)(H,60,72)(H,61,75)(H,62,74)(H,66,67)(H,68,69)(H,78,79)/t30-,33+,34+,35+,36+,37+,38+,39+,40+,44+/m1/s1. The van der Waals surface area contributed by atoms with Crippen LogP contribution in [0.4, 0.5) is 0 Å². The van der Waals surface area contributed by atoms with Crippen molar-refractivity contribution in [2.45, 2.75) is 166 Å². The molecule has 79 heavy (non-hydrogen) atoms. The molecule has 2 aromatic carbocycles. The predicted octanol–water partition coefficient (Wildman–Crippen LogP) is -1.65. The summed E-state index contributed by atoms with van der Waals surface area (Å²) in [4.78, 5) is 160. The van der Waals surface area contributed by atoms with Gasteiger partial charge in [-0.25, -0.2) is 4.79 Å². The molecule has 0 unspecified atom stereocenters. The monoisotopic (exact) mass is 1110 g/mol. The van der Waals surface area contributed by atoms with E-state index in [2.05, 4.69) is 37.2 Å². The maximum absolute atomic E-state index is 14.4. The molecule has 9 amide bonds. The summed E-state index contributed by atoms with van der Waals surface area (Å²) < 4.78 is 0. The molecule has 0 bridgehead atoms. The normalized spacial score (nSPS) is 16.5. The second-order valence-corrected chi connectivity index (χ2v) is 20.4. The van der Waals surface area contributed by atoms with Crippen molar-refractivity contribution < 1.29 is 78.0 Å². The third-order valence-corrected chi connectivity index (χ3v) is 12.7. The van der Waals surface area contributed by atoms with E-state index in [-0.39, 0.29) is 50.5 Å². The van der Waals surface area contributed by atoms with E-state index in [9.17, 15) is 78.0 Å².